The van der Waals surface area contributed by atoms with Crippen molar-refractivity contribution < 1.29 is 45.0 Å². The van der Waals surface area contributed by atoms with Crippen LogP contribution in [0.3, 0.4) is 0 Å². The number of fused-ring (bicyclic) bond motifs is 2. The van der Waals surface area contributed by atoms with Crippen LogP contribution >= 0.6 is 11.3 Å². The molecule has 2 aliphatic heterocycles. The molecule has 4 heterocycles. The van der Waals surface area contributed by atoms with Gasteiger partial charge in [-0.05, 0) is 36.1 Å². The van der Waals surface area contributed by atoms with Crippen molar-refractivity contribution in [2.75, 3.05) is 18.4 Å². The fourth-order valence-electron chi connectivity index (χ4n) is 4.69. The van der Waals surface area contributed by atoms with E-state index >= 15 is 0 Å². The largest absolute Gasteiger partial charge is 0.586 e. The van der Waals surface area contributed by atoms with Gasteiger partial charge in [0, 0.05) is 42.0 Å². The number of hydrogen-bond acceptors (Lipinski definition) is 7. The maximum Gasteiger partial charge on any atom is 0.586 e. The summed E-state index contributed by atoms with van der Waals surface area (Å²) in [4.78, 5) is 28.5. The minimum atomic E-state index is -4.96. The minimum absolute atomic E-state index is 0.160. The lowest BCUT2D eigenvalue weighted by molar-refractivity contribution is -0.286. The van der Waals surface area contributed by atoms with E-state index in [2.05, 4.69) is 19.8 Å². The third kappa shape index (κ3) is 5.34. The van der Waals surface area contributed by atoms with Crippen LogP contribution in [0.25, 0.3) is 10.1 Å². The van der Waals surface area contributed by atoms with Crippen molar-refractivity contribution >= 4 is 32.3 Å². The quantitative estimate of drug-likeness (QED) is 0.362. The maximum atomic E-state index is 14.9. The molecule has 0 aliphatic carbocycles. The Morgan fingerprint density at radius 3 is 2.52 bits per heavy atom. The number of pyridine rings is 1. The highest BCUT2D eigenvalue weighted by Crippen LogP contribution is 2.46. The smallest absolute Gasteiger partial charge is 0.395 e. The van der Waals surface area contributed by atoms with Gasteiger partial charge < -0.3 is 25.5 Å². The van der Waals surface area contributed by atoms with E-state index in [1.165, 1.54) is 30.0 Å². The first-order valence-corrected chi connectivity index (χ1v) is 12.7. The van der Waals surface area contributed by atoms with E-state index in [-0.39, 0.29) is 23.6 Å². The monoisotopic (exact) mass is 594 g/mol. The number of H-pyrrole nitrogens is 1. The number of halogens is 7. The number of carbonyl (C=O) groups is 1. The number of amides is 1. The number of ether oxygens (including phenoxy) is 2. The Labute approximate surface area is 224 Å². The molecule has 0 radical (unpaired) electrons. The first-order valence-electron chi connectivity index (χ1n) is 11.8. The summed E-state index contributed by atoms with van der Waals surface area (Å²) in [5.41, 5.74) is 2.88. The van der Waals surface area contributed by atoms with Crippen LogP contribution in [0.15, 0.2) is 35.3 Å². The van der Waals surface area contributed by atoms with Crippen LogP contribution < -0.4 is 26.1 Å². The second kappa shape index (κ2) is 9.62. The van der Waals surface area contributed by atoms with Gasteiger partial charge in [0.15, 0.2) is 11.5 Å². The number of thiophene rings is 1. The number of benzene rings is 1. The Kier molecular flexibility index (Phi) is 6.78. The van der Waals surface area contributed by atoms with Crippen LogP contribution in [0.4, 0.5) is 35.7 Å². The Balaban J connectivity index is 1.32. The Morgan fingerprint density at radius 1 is 1.18 bits per heavy atom. The molecule has 0 saturated carbocycles. The number of nitrogens with zero attached hydrogens (tertiary/aromatic N) is 1. The SMILES string of the molecule is C[C@@H](C(=O)Nc1cc2cc3c(cc2s1)OC(F)(F)O3)N1CCC(F)(F)[C@@H](c2c[nH]c(=O)c([C@H](N)C(F)(F)F)c2)C1. The second-order valence-corrected chi connectivity index (χ2v) is 10.7. The van der Waals surface area contributed by atoms with E-state index in [1.807, 2.05) is 0 Å². The average molecular weight is 595 g/mol. The molecule has 2 aromatic heterocycles. The van der Waals surface area contributed by atoms with E-state index < -0.39 is 66.4 Å². The normalized spacial score (nSPS) is 21.8. The highest BCUT2D eigenvalue weighted by atomic mass is 32.1. The van der Waals surface area contributed by atoms with Crippen molar-refractivity contribution in [3.8, 4) is 11.5 Å². The molecule has 0 bridgehead atoms. The predicted octanol–water partition coefficient (Wildman–Crippen LogP) is 4.93. The molecule has 8 nitrogen and oxygen atoms in total. The highest BCUT2D eigenvalue weighted by Gasteiger charge is 2.48. The Bertz CT molecular complexity index is 1480. The van der Waals surface area contributed by atoms with Gasteiger partial charge >= 0.3 is 12.5 Å². The zero-order chi connectivity index (χ0) is 29.2. The zero-order valence-corrected chi connectivity index (χ0v) is 21.3. The predicted molar refractivity (Wildman–Crippen MR) is 130 cm³/mol. The molecule has 1 fully saturated rings. The lowest BCUT2D eigenvalue weighted by atomic mass is 9.86. The number of piperidine rings is 1. The van der Waals surface area contributed by atoms with Crippen molar-refractivity contribution in [2.24, 2.45) is 5.73 Å². The number of hydrogen-bond donors (Lipinski definition) is 3. The first-order chi connectivity index (χ1) is 18.5. The topological polar surface area (TPSA) is 110 Å². The molecule has 40 heavy (non-hydrogen) atoms. The molecular formula is C24H21F7N4O4S. The molecule has 5 rings (SSSR count). The summed E-state index contributed by atoms with van der Waals surface area (Å²) in [5, 5.41) is 3.53. The average Bonchev–Trinajstić information content (AvgIpc) is 3.37. The van der Waals surface area contributed by atoms with Crippen molar-refractivity contribution in [3.63, 3.8) is 0 Å². The molecule has 0 spiro atoms. The van der Waals surface area contributed by atoms with Gasteiger partial charge in [-0.3, -0.25) is 14.5 Å². The van der Waals surface area contributed by atoms with E-state index in [0.717, 1.165) is 23.6 Å². The number of aromatic nitrogens is 1. The van der Waals surface area contributed by atoms with Crippen LogP contribution in [0.1, 0.15) is 36.4 Å². The van der Waals surface area contributed by atoms with Crippen LogP contribution in [-0.2, 0) is 4.79 Å². The fourth-order valence-corrected chi connectivity index (χ4v) is 5.67. The van der Waals surface area contributed by atoms with Crippen molar-refractivity contribution in [1.82, 2.24) is 9.88 Å². The summed E-state index contributed by atoms with van der Waals surface area (Å²) < 4.78 is 105. The zero-order valence-electron chi connectivity index (χ0n) is 20.5. The molecule has 216 valence electrons. The molecule has 2 aliphatic rings. The number of aromatic amines is 1. The molecule has 3 atom stereocenters. The number of alkyl halides is 7. The molecule has 1 aromatic carbocycles. The van der Waals surface area contributed by atoms with Gasteiger partial charge in [-0.25, -0.2) is 8.78 Å². The van der Waals surface area contributed by atoms with Crippen LogP contribution in [0.5, 0.6) is 11.5 Å². The summed E-state index contributed by atoms with van der Waals surface area (Å²) in [6.45, 7) is 0.911. The summed E-state index contributed by atoms with van der Waals surface area (Å²) in [6.07, 6.45) is -8.49. The van der Waals surface area contributed by atoms with Gasteiger partial charge in [0.1, 0.15) is 6.04 Å². The van der Waals surface area contributed by atoms with E-state index in [9.17, 15) is 40.3 Å². The molecule has 3 aromatic rings. The molecular weight excluding hydrogens is 573 g/mol. The molecule has 1 saturated heterocycles. The van der Waals surface area contributed by atoms with Gasteiger partial charge in [-0.1, -0.05) is 0 Å². The summed E-state index contributed by atoms with van der Waals surface area (Å²) in [5.74, 6) is -5.84. The maximum absolute atomic E-state index is 14.9. The number of anilines is 1. The number of likely N-dealkylation sites (tertiary alicyclic amines) is 1. The third-order valence-electron chi connectivity index (χ3n) is 6.92. The molecule has 4 N–H and O–H groups in total. The number of nitrogens with two attached hydrogens (primary N) is 1. The number of carbonyl (C=O) groups excluding carboxylic acids is 1. The van der Waals surface area contributed by atoms with E-state index in [4.69, 9.17) is 5.73 Å². The molecule has 1 amide bonds. The summed E-state index contributed by atoms with van der Waals surface area (Å²) in [6, 6.07) is 1.35. The van der Waals surface area contributed by atoms with Crippen molar-refractivity contribution in [1.29, 1.82) is 0 Å². The second-order valence-electron chi connectivity index (χ2n) is 9.58. The summed E-state index contributed by atoms with van der Waals surface area (Å²) >= 11 is 1.07. The molecule has 16 heteroatoms. The van der Waals surface area contributed by atoms with E-state index in [1.54, 1.807) is 0 Å². The number of rotatable bonds is 5. The first kappa shape index (κ1) is 28.2. The van der Waals surface area contributed by atoms with Crippen LogP contribution in [0, 0.1) is 0 Å². The Morgan fingerprint density at radius 2 is 1.85 bits per heavy atom. The minimum Gasteiger partial charge on any atom is -0.395 e. The van der Waals surface area contributed by atoms with Gasteiger partial charge in [0.2, 0.25) is 5.91 Å². The summed E-state index contributed by atoms with van der Waals surface area (Å²) in [7, 11) is 0. The van der Waals surface area contributed by atoms with Crippen molar-refractivity contribution in [2.45, 2.75) is 49.7 Å². The third-order valence-corrected chi connectivity index (χ3v) is 7.93. The Hall–Kier alpha value is -3.37. The highest BCUT2D eigenvalue weighted by molar-refractivity contribution is 7.23. The standard InChI is InChI=1S/C24H21F7N4O4S/c1-10(20(36)34-18-6-11-5-15-16(7-17(11)40-18)39-24(30,31)38-15)35-3-2-22(25,26)14(9-35)12-4-13(21(37)33-8-12)19(32)23(27,28)29/h4-8,10,14,19H,2-3,9,32H2,1H3,(H,33,37)(H,34,36)/t10-,14+,19-/m0/s1. The lowest BCUT2D eigenvalue weighted by Gasteiger charge is -2.40. The van der Waals surface area contributed by atoms with Crippen LogP contribution in [-0.4, -0.2) is 53.3 Å². The lowest BCUT2D eigenvalue weighted by Crippen LogP contribution is -2.52. The van der Waals surface area contributed by atoms with Gasteiger partial charge in [-0.2, -0.15) is 13.2 Å². The van der Waals surface area contributed by atoms with E-state index in [0.29, 0.717) is 15.1 Å². The van der Waals surface area contributed by atoms with Gasteiger partial charge in [0.25, 0.3) is 11.5 Å². The fraction of sp³-hybridized carbons (Fsp3) is 0.417. The number of nitrogens with one attached hydrogen (secondary N) is 2. The van der Waals surface area contributed by atoms with Gasteiger partial charge in [-0.15, -0.1) is 20.1 Å². The van der Waals surface area contributed by atoms with Crippen molar-refractivity contribution in [3.05, 3.63) is 51.9 Å². The van der Waals surface area contributed by atoms with Gasteiger partial charge in [0.05, 0.1) is 17.0 Å². The van der Waals surface area contributed by atoms with Crippen LogP contribution in [0.2, 0.25) is 0 Å². The molecule has 0 unspecified atom stereocenters.